The molecule has 2 aromatic heterocycles. The lowest BCUT2D eigenvalue weighted by Gasteiger charge is -2.26. The summed E-state index contributed by atoms with van der Waals surface area (Å²) in [6, 6.07) is 27.9. The summed E-state index contributed by atoms with van der Waals surface area (Å²) in [7, 11) is 0. The molecular weight excluding hydrogens is 542 g/mol. The van der Waals surface area contributed by atoms with Crippen molar-refractivity contribution in [3.8, 4) is 51.3 Å². The number of nitrogens with zero attached hydrogens (tertiary/aromatic N) is 3. The second-order valence-corrected chi connectivity index (χ2v) is 14.5. The Labute approximate surface area is 262 Å². The van der Waals surface area contributed by atoms with Gasteiger partial charge in [0.2, 0.25) is 5.88 Å². The molecule has 44 heavy (non-hydrogen) atoms. The Morgan fingerprint density at radius 2 is 1.09 bits per heavy atom. The third kappa shape index (κ3) is 6.99. The van der Waals surface area contributed by atoms with E-state index in [-0.39, 0.29) is 22.0 Å². The molecule has 0 bridgehead atoms. The van der Waals surface area contributed by atoms with E-state index in [1.807, 2.05) is 42.5 Å². The van der Waals surface area contributed by atoms with Crippen LogP contribution in [-0.2, 0) is 16.2 Å². The SMILES string of the molecule is CC(C)(C)c1cc(Oc2ccccn2)cc(-c2cc(-c3cc(C(C)(C)C)cc(C(C)(C)C)c3)nc(-c3ccccc3O)n2)c1. The number of phenolic OH excluding ortho intramolecular Hbond substituents is 1. The number of phenols is 1. The fraction of sp³-hybridized carbons (Fsp3) is 0.308. The monoisotopic (exact) mass is 585 g/mol. The van der Waals surface area contributed by atoms with Gasteiger partial charge >= 0.3 is 0 Å². The zero-order chi connectivity index (χ0) is 31.9. The average Bonchev–Trinajstić information content (AvgIpc) is 2.96. The molecule has 3 aromatic carbocycles. The van der Waals surface area contributed by atoms with Gasteiger partial charge < -0.3 is 9.84 Å². The minimum atomic E-state index is -0.142. The van der Waals surface area contributed by atoms with Crippen LogP contribution in [-0.4, -0.2) is 20.1 Å². The Morgan fingerprint density at radius 3 is 1.61 bits per heavy atom. The molecule has 0 aliphatic rings. The molecule has 0 aliphatic heterocycles. The van der Waals surface area contributed by atoms with Crippen molar-refractivity contribution in [2.45, 2.75) is 78.6 Å². The predicted molar refractivity (Wildman–Crippen MR) is 180 cm³/mol. The number of ether oxygens (including phenoxy) is 1. The van der Waals surface area contributed by atoms with Gasteiger partial charge in [-0.15, -0.1) is 0 Å². The quantitative estimate of drug-likeness (QED) is 0.222. The maximum Gasteiger partial charge on any atom is 0.219 e. The zero-order valence-corrected chi connectivity index (χ0v) is 27.4. The van der Waals surface area contributed by atoms with Gasteiger partial charge in [-0.2, -0.15) is 0 Å². The molecule has 0 spiro atoms. The van der Waals surface area contributed by atoms with E-state index >= 15 is 0 Å². The number of hydrogen-bond donors (Lipinski definition) is 1. The summed E-state index contributed by atoms with van der Waals surface area (Å²) in [5.41, 5.74) is 7.36. The van der Waals surface area contributed by atoms with Crippen LogP contribution in [0, 0.1) is 0 Å². The Morgan fingerprint density at radius 1 is 0.568 bits per heavy atom. The first kappa shape index (κ1) is 30.9. The summed E-state index contributed by atoms with van der Waals surface area (Å²) in [6.07, 6.45) is 1.72. The van der Waals surface area contributed by atoms with E-state index in [4.69, 9.17) is 14.7 Å². The van der Waals surface area contributed by atoms with Gasteiger partial charge in [0.25, 0.3) is 0 Å². The van der Waals surface area contributed by atoms with Crippen molar-refractivity contribution in [3.63, 3.8) is 0 Å². The van der Waals surface area contributed by atoms with Crippen LogP contribution in [0.2, 0.25) is 0 Å². The van der Waals surface area contributed by atoms with E-state index in [9.17, 15) is 5.11 Å². The molecule has 226 valence electrons. The Kier molecular flexibility index (Phi) is 8.11. The van der Waals surface area contributed by atoms with Gasteiger partial charge in [0.05, 0.1) is 17.0 Å². The highest BCUT2D eigenvalue weighted by Gasteiger charge is 2.23. The highest BCUT2D eigenvalue weighted by molar-refractivity contribution is 5.75. The lowest BCUT2D eigenvalue weighted by molar-refractivity contribution is 0.460. The molecule has 0 amide bonds. The van der Waals surface area contributed by atoms with E-state index in [0.717, 1.165) is 28.1 Å². The van der Waals surface area contributed by atoms with Gasteiger partial charge in [-0.1, -0.05) is 86.6 Å². The standard InChI is InChI=1S/C39H43N3O2/c1-37(2,3)27-18-25(19-28(22-27)38(4,5)6)32-24-33(42-36(41-32)31-14-10-11-15-34(31)43)26-20-29(39(7,8)9)23-30(21-26)44-35-16-12-13-17-40-35/h10-24,43H,1-9H3. The van der Waals surface area contributed by atoms with Crippen molar-refractivity contribution in [2.75, 3.05) is 0 Å². The van der Waals surface area contributed by atoms with Crippen LogP contribution in [0.1, 0.15) is 79.0 Å². The van der Waals surface area contributed by atoms with Gasteiger partial charge in [0.1, 0.15) is 11.5 Å². The van der Waals surface area contributed by atoms with Crippen molar-refractivity contribution in [3.05, 3.63) is 108 Å². The molecule has 0 radical (unpaired) electrons. The third-order valence-corrected chi connectivity index (χ3v) is 7.76. The Balaban J connectivity index is 1.77. The van der Waals surface area contributed by atoms with Crippen LogP contribution in [0.15, 0.2) is 91.1 Å². The molecule has 0 fully saturated rings. The smallest absolute Gasteiger partial charge is 0.219 e. The van der Waals surface area contributed by atoms with Crippen LogP contribution in [0.5, 0.6) is 17.4 Å². The maximum absolute atomic E-state index is 10.8. The molecule has 0 saturated carbocycles. The Bertz CT molecular complexity index is 1760. The van der Waals surface area contributed by atoms with E-state index in [1.165, 1.54) is 11.1 Å². The number of aromatic nitrogens is 3. The summed E-state index contributed by atoms with van der Waals surface area (Å²) in [4.78, 5) is 14.5. The topological polar surface area (TPSA) is 68.1 Å². The molecule has 5 aromatic rings. The second kappa shape index (κ2) is 11.5. The first-order valence-corrected chi connectivity index (χ1v) is 15.2. The largest absolute Gasteiger partial charge is 0.507 e. The number of aromatic hydroxyl groups is 1. The van der Waals surface area contributed by atoms with Gasteiger partial charge in [0.15, 0.2) is 5.82 Å². The van der Waals surface area contributed by atoms with E-state index < -0.39 is 0 Å². The summed E-state index contributed by atoms with van der Waals surface area (Å²) < 4.78 is 6.24. The first-order valence-electron chi connectivity index (χ1n) is 15.2. The highest BCUT2D eigenvalue weighted by Crippen LogP contribution is 2.38. The average molecular weight is 586 g/mol. The molecule has 0 aliphatic carbocycles. The number of para-hydroxylation sites is 1. The van der Waals surface area contributed by atoms with Crippen LogP contribution in [0.25, 0.3) is 33.9 Å². The number of pyridine rings is 1. The van der Waals surface area contributed by atoms with Crippen LogP contribution in [0.3, 0.4) is 0 Å². The zero-order valence-electron chi connectivity index (χ0n) is 27.4. The van der Waals surface area contributed by atoms with E-state index in [2.05, 4.69) is 97.6 Å². The lowest BCUT2D eigenvalue weighted by atomic mass is 9.79. The summed E-state index contributed by atoms with van der Waals surface area (Å²) in [6.45, 7) is 20.0. The van der Waals surface area contributed by atoms with Crippen LogP contribution < -0.4 is 4.74 Å². The van der Waals surface area contributed by atoms with Crippen LogP contribution >= 0.6 is 0 Å². The molecular formula is C39H43N3O2. The Hall–Kier alpha value is -4.51. The molecule has 5 nitrogen and oxygen atoms in total. The van der Waals surface area contributed by atoms with Gasteiger partial charge in [0, 0.05) is 23.4 Å². The second-order valence-electron chi connectivity index (χ2n) is 14.5. The molecule has 0 unspecified atom stereocenters. The lowest BCUT2D eigenvalue weighted by Crippen LogP contribution is -2.16. The number of benzene rings is 3. The van der Waals surface area contributed by atoms with Gasteiger partial charge in [-0.3, -0.25) is 0 Å². The van der Waals surface area contributed by atoms with Gasteiger partial charge in [-0.05, 0) is 87.5 Å². The minimum Gasteiger partial charge on any atom is -0.507 e. The van der Waals surface area contributed by atoms with Gasteiger partial charge in [-0.25, -0.2) is 15.0 Å². The number of rotatable bonds is 5. The minimum absolute atomic E-state index is 0.0504. The molecule has 1 N–H and O–H groups in total. The van der Waals surface area contributed by atoms with Crippen LogP contribution in [0.4, 0.5) is 0 Å². The molecule has 0 saturated heterocycles. The summed E-state index contributed by atoms with van der Waals surface area (Å²) >= 11 is 0. The van der Waals surface area contributed by atoms with E-state index in [0.29, 0.717) is 23.0 Å². The van der Waals surface area contributed by atoms with Crippen molar-refractivity contribution < 1.29 is 9.84 Å². The normalized spacial score (nSPS) is 12.3. The predicted octanol–water partition coefficient (Wildman–Crippen LogP) is 10.3. The van der Waals surface area contributed by atoms with Crippen molar-refractivity contribution in [1.82, 2.24) is 15.0 Å². The molecule has 5 rings (SSSR count). The highest BCUT2D eigenvalue weighted by atomic mass is 16.5. The van der Waals surface area contributed by atoms with Crippen molar-refractivity contribution in [2.24, 2.45) is 0 Å². The summed E-state index contributed by atoms with van der Waals surface area (Å²) in [5, 5.41) is 10.8. The third-order valence-electron chi connectivity index (χ3n) is 7.76. The maximum atomic E-state index is 10.8. The van der Waals surface area contributed by atoms with Crippen molar-refractivity contribution in [1.29, 1.82) is 0 Å². The van der Waals surface area contributed by atoms with Crippen molar-refractivity contribution >= 4 is 0 Å². The molecule has 5 heteroatoms. The molecule has 0 atom stereocenters. The fourth-order valence-corrected chi connectivity index (χ4v) is 4.93. The first-order chi connectivity index (χ1) is 20.6. The fourth-order valence-electron chi connectivity index (χ4n) is 4.93. The summed E-state index contributed by atoms with van der Waals surface area (Å²) in [5.74, 6) is 1.80. The van der Waals surface area contributed by atoms with E-state index in [1.54, 1.807) is 18.3 Å². The molecule has 2 heterocycles. The number of hydrogen-bond acceptors (Lipinski definition) is 5.